The smallest absolute Gasteiger partial charge is 0.266 e. The number of amides is 1. The van der Waals surface area contributed by atoms with Gasteiger partial charge in [-0.3, -0.25) is 4.79 Å². The SMILES string of the molecule is CCOc1ccc(NC(=O)/C(C#N)=C\c2cc(I)c(OCC#N)c(OC)c2)cc1. The number of rotatable bonds is 8. The van der Waals surface area contributed by atoms with E-state index in [0.717, 1.165) is 0 Å². The third-order valence-electron chi connectivity index (χ3n) is 3.63. The van der Waals surface area contributed by atoms with Crippen molar-refractivity contribution in [3.05, 3.63) is 51.1 Å². The van der Waals surface area contributed by atoms with Gasteiger partial charge >= 0.3 is 0 Å². The molecule has 0 radical (unpaired) electrons. The minimum Gasteiger partial charge on any atom is -0.494 e. The van der Waals surface area contributed by atoms with Gasteiger partial charge in [0.2, 0.25) is 0 Å². The number of benzene rings is 2. The van der Waals surface area contributed by atoms with Crippen molar-refractivity contribution in [3.63, 3.8) is 0 Å². The fourth-order valence-electron chi connectivity index (χ4n) is 2.38. The molecular weight excluding hydrogens is 485 g/mol. The molecule has 0 aliphatic rings. The van der Waals surface area contributed by atoms with Gasteiger partial charge in [0.05, 0.1) is 17.3 Å². The molecule has 0 heterocycles. The Balaban J connectivity index is 2.24. The van der Waals surface area contributed by atoms with Crippen LogP contribution in [-0.4, -0.2) is 26.2 Å². The molecule has 0 aromatic heterocycles. The summed E-state index contributed by atoms with van der Waals surface area (Å²) in [7, 11) is 1.47. The van der Waals surface area contributed by atoms with E-state index in [9.17, 15) is 10.1 Å². The predicted molar refractivity (Wildman–Crippen MR) is 117 cm³/mol. The molecular formula is C21H18IN3O4. The lowest BCUT2D eigenvalue weighted by atomic mass is 10.1. The van der Waals surface area contributed by atoms with Crippen LogP contribution in [-0.2, 0) is 4.79 Å². The third-order valence-corrected chi connectivity index (χ3v) is 4.43. The lowest BCUT2D eigenvalue weighted by Gasteiger charge is -2.12. The molecule has 2 rings (SSSR count). The zero-order valence-corrected chi connectivity index (χ0v) is 18.0. The first-order valence-electron chi connectivity index (χ1n) is 8.55. The number of nitrogens with zero attached hydrogens (tertiary/aromatic N) is 2. The molecule has 8 heteroatoms. The van der Waals surface area contributed by atoms with E-state index in [4.69, 9.17) is 19.5 Å². The number of methoxy groups -OCH3 is 1. The van der Waals surface area contributed by atoms with Crippen molar-refractivity contribution in [1.82, 2.24) is 0 Å². The van der Waals surface area contributed by atoms with Gasteiger partial charge in [-0.15, -0.1) is 0 Å². The maximum Gasteiger partial charge on any atom is 0.266 e. The topological polar surface area (TPSA) is 104 Å². The molecule has 0 spiro atoms. The molecule has 2 aromatic carbocycles. The van der Waals surface area contributed by atoms with Crippen molar-refractivity contribution in [2.45, 2.75) is 6.92 Å². The van der Waals surface area contributed by atoms with Gasteiger partial charge < -0.3 is 19.5 Å². The van der Waals surface area contributed by atoms with Gasteiger partial charge in [0.15, 0.2) is 18.1 Å². The van der Waals surface area contributed by atoms with Gasteiger partial charge in [0.1, 0.15) is 23.5 Å². The average Bonchev–Trinajstić information content (AvgIpc) is 2.72. The van der Waals surface area contributed by atoms with Gasteiger partial charge in [-0.25, -0.2) is 0 Å². The average molecular weight is 503 g/mol. The highest BCUT2D eigenvalue weighted by atomic mass is 127. The molecule has 0 aliphatic carbocycles. The third kappa shape index (κ3) is 6.13. The molecule has 1 amide bonds. The number of ether oxygens (including phenoxy) is 3. The Bertz CT molecular complexity index is 989. The van der Waals surface area contributed by atoms with Crippen LogP contribution >= 0.6 is 22.6 Å². The highest BCUT2D eigenvalue weighted by molar-refractivity contribution is 14.1. The minimum absolute atomic E-state index is 0.0672. The fourth-order valence-corrected chi connectivity index (χ4v) is 3.16. The summed E-state index contributed by atoms with van der Waals surface area (Å²) in [6.45, 7) is 2.32. The van der Waals surface area contributed by atoms with Crippen LogP contribution < -0.4 is 19.5 Å². The Kier molecular flexibility index (Phi) is 8.31. The highest BCUT2D eigenvalue weighted by Crippen LogP contribution is 2.34. The molecule has 148 valence electrons. The summed E-state index contributed by atoms with van der Waals surface area (Å²) < 4.78 is 16.7. The molecule has 29 heavy (non-hydrogen) atoms. The zero-order chi connectivity index (χ0) is 21.2. The van der Waals surface area contributed by atoms with Crippen molar-refractivity contribution in [2.75, 3.05) is 25.6 Å². The zero-order valence-electron chi connectivity index (χ0n) is 15.9. The van der Waals surface area contributed by atoms with Crippen LogP contribution in [0.15, 0.2) is 42.0 Å². The van der Waals surface area contributed by atoms with Crippen LogP contribution in [0.2, 0.25) is 0 Å². The van der Waals surface area contributed by atoms with E-state index in [1.165, 1.54) is 13.2 Å². The summed E-state index contributed by atoms with van der Waals surface area (Å²) in [4.78, 5) is 12.5. The second-order valence-corrected chi connectivity index (χ2v) is 6.72. The van der Waals surface area contributed by atoms with E-state index in [1.54, 1.807) is 36.4 Å². The van der Waals surface area contributed by atoms with Crippen molar-refractivity contribution < 1.29 is 19.0 Å². The lowest BCUT2D eigenvalue weighted by molar-refractivity contribution is -0.112. The number of carbonyl (C=O) groups is 1. The van der Waals surface area contributed by atoms with Gasteiger partial charge in [-0.1, -0.05) is 0 Å². The summed E-state index contributed by atoms with van der Waals surface area (Å²) in [5.41, 5.74) is 1.07. The minimum atomic E-state index is -0.532. The normalized spacial score (nSPS) is 10.4. The Hall–Kier alpha value is -3.24. The van der Waals surface area contributed by atoms with Crippen molar-refractivity contribution >= 4 is 40.3 Å². The van der Waals surface area contributed by atoms with Crippen molar-refractivity contribution in [1.29, 1.82) is 10.5 Å². The van der Waals surface area contributed by atoms with E-state index >= 15 is 0 Å². The van der Waals surface area contributed by atoms with E-state index in [2.05, 4.69) is 5.32 Å². The maximum atomic E-state index is 12.5. The van der Waals surface area contributed by atoms with Crippen LogP contribution in [0.4, 0.5) is 5.69 Å². The van der Waals surface area contributed by atoms with E-state index in [-0.39, 0.29) is 12.2 Å². The summed E-state index contributed by atoms with van der Waals surface area (Å²) >= 11 is 2.04. The summed E-state index contributed by atoms with van der Waals surface area (Å²) in [6.07, 6.45) is 1.46. The molecule has 0 bridgehead atoms. The first kappa shape index (κ1) is 22.1. The standard InChI is InChI=1S/C21H18IN3O4/c1-3-28-17-6-4-16(5-7-17)25-21(26)15(13-24)10-14-11-18(22)20(29-9-8-23)19(12-14)27-2/h4-7,10-12H,3,9H2,1-2H3,(H,25,26)/b15-10-. The largest absolute Gasteiger partial charge is 0.494 e. The monoisotopic (exact) mass is 503 g/mol. The Morgan fingerprint density at radius 1 is 1.21 bits per heavy atom. The van der Waals surface area contributed by atoms with E-state index in [0.29, 0.717) is 38.7 Å². The first-order valence-corrected chi connectivity index (χ1v) is 9.63. The second-order valence-electron chi connectivity index (χ2n) is 5.56. The maximum absolute atomic E-state index is 12.5. The number of anilines is 1. The van der Waals surface area contributed by atoms with Crippen LogP contribution in [0.1, 0.15) is 12.5 Å². The van der Waals surface area contributed by atoms with Crippen LogP contribution in [0.25, 0.3) is 6.08 Å². The Morgan fingerprint density at radius 3 is 2.52 bits per heavy atom. The van der Waals surface area contributed by atoms with Crippen LogP contribution in [0.3, 0.4) is 0 Å². The second kappa shape index (κ2) is 10.9. The first-order chi connectivity index (χ1) is 14.0. The number of halogens is 1. The molecule has 0 atom stereocenters. The summed E-state index contributed by atoms with van der Waals surface area (Å²) in [6, 6.07) is 14.1. The van der Waals surface area contributed by atoms with Crippen molar-refractivity contribution in [2.24, 2.45) is 0 Å². The molecule has 0 unspecified atom stereocenters. The molecule has 0 fully saturated rings. The Labute approximate surface area is 182 Å². The molecule has 0 saturated heterocycles. The van der Waals surface area contributed by atoms with Gasteiger partial charge in [-0.05, 0) is 77.6 Å². The summed E-state index contributed by atoms with van der Waals surface area (Å²) in [5, 5.41) is 20.8. The van der Waals surface area contributed by atoms with Crippen LogP contribution in [0.5, 0.6) is 17.2 Å². The Morgan fingerprint density at radius 2 is 1.93 bits per heavy atom. The van der Waals surface area contributed by atoms with Gasteiger partial charge in [-0.2, -0.15) is 10.5 Å². The lowest BCUT2D eigenvalue weighted by Crippen LogP contribution is -2.13. The number of nitriles is 2. The van der Waals surface area contributed by atoms with E-state index < -0.39 is 5.91 Å². The van der Waals surface area contributed by atoms with Gasteiger partial charge in [0, 0.05) is 5.69 Å². The number of carbonyl (C=O) groups excluding carboxylic acids is 1. The molecule has 0 saturated carbocycles. The van der Waals surface area contributed by atoms with Crippen LogP contribution in [0, 0.1) is 26.2 Å². The number of hydrogen-bond acceptors (Lipinski definition) is 6. The number of nitrogens with one attached hydrogen (secondary N) is 1. The summed E-state index contributed by atoms with van der Waals surface area (Å²) in [5.74, 6) is 1.00. The number of hydrogen-bond donors (Lipinski definition) is 1. The van der Waals surface area contributed by atoms with E-state index in [1.807, 2.05) is 41.7 Å². The fraction of sp³-hybridized carbons (Fsp3) is 0.190. The predicted octanol–water partition coefficient (Wildman–Crippen LogP) is 4.15. The molecule has 0 aliphatic heterocycles. The molecule has 7 nitrogen and oxygen atoms in total. The van der Waals surface area contributed by atoms with Crippen molar-refractivity contribution in [3.8, 4) is 29.4 Å². The molecule has 1 N–H and O–H groups in total. The van der Waals surface area contributed by atoms with Gasteiger partial charge in [0.25, 0.3) is 5.91 Å². The quantitative estimate of drug-likeness (QED) is 0.330. The highest BCUT2D eigenvalue weighted by Gasteiger charge is 2.14. The molecule has 2 aromatic rings.